The van der Waals surface area contributed by atoms with Crippen molar-refractivity contribution in [1.82, 2.24) is 9.80 Å². The van der Waals surface area contributed by atoms with Crippen LogP contribution in [-0.4, -0.2) is 93.2 Å². The second-order valence-corrected chi connectivity index (χ2v) is 8.86. The highest BCUT2D eigenvalue weighted by molar-refractivity contribution is 6.10. The SMILES string of the molecule is COc1cc(C=CC(=O)CC(=O)C=Cc2ccc(OC(=O)N(C)CCN3CCOCC3)c(OC)c2)ccc1O. The predicted molar refractivity (Wildman–Crippen MR) is 146 cm³/mol. The lowest BCUT2D eigenvalue weighted by atomic mass is 10.1. The number of phenolic OH excluding ortho intramolecular Hbond substituents is 1. The number of methoxy groups -OCH3 is 2. The van der Waals surface area contributed by atoms with Crippen LogP contribution in [0.4, 0.5) is 4.79 Å². The molecule has 1 heterocycles. The summed E-state index contributed by atoms with van der Waals surface area (Å²) < 4.78 is 21.3. The summed E-state index contributed by atoms with van der Waals surface area (Å²) in [5, 5.41) is 9.65. The average molecular weight is 539 g/mol. The van der Waals surface area contributed by atoms with Crippen LogP contribution in [0.5, 0.6) is 23.0 Å². The van der Waals surface area contributed by atoms with Crippen molar-refractivity contribution in [3.05, 3.63) is 59.7 Å². The fourth-order valence-electron chi connectivity index (χ4n) is 3.72. The van der Waals surface area contributed by atoms with Crippen molar-refractivity contribution in [2.45, 2.75) is 6.42 Å². The zero-order chi connectivity index (χ0) is 28.2. The van der Waals surface area contributed by atoms with Gasteiger partial charge in [0.15, 0.2) is 34.6 Å². The minimum Gasteiger partial charge on any atom is -0.504 e. The number of morpholine rings is 1. The van der Waals surface area contributed by atoms with Crippen molar-refractivity contribution in [1.29, 1.82) is 0 Å². The molecule has 0 saturated carbocycles. The van der Waals surface area contributed by atoms with Gasteiger partial charge in [-0.25, -0.2) is 4.79 Å². The Bertz CT molecular complexity index is 1220. The quantitative estimate of drug-likeness (QED) is 0.321. The van der Waals surface area contributed by atoms with E-state index >= 15 is 0 Å². The number of aromatic hydroxyl groups is 1. The molecule has 39 heavy (non-hydrogen) atoms. The Kier molecular flexibility index (Phi) is 11.1. The summed E-state index contributed by atoms with van der Waals surface area (Å²) >= 11 is 0. The molecule has 0 atom stereocenters. The third-order valence-electron chi connectivity index (χ3n) is 6.03. The van der Waals surface area contributed by atoms with Gasteiger partial charge in [-0.05, 0) is 47.5 Å². The molecule has 0 aromatic heterocycles. The molecule has 0 bridgehead atoms. The number of carbonyl (C=O) groups is 3. The van der Waals surface area contributed by atoms with E-state index in [0.717, 1.165) is 19.6 Å². The first-order valence-electron chi connectivity index (χ1n) is 12.5. The Balaban J connectivity index is 1.52. The van der Waals surface area contributed by atoms with Crippen LogP contribution < -0.4 is 14.2 Å². The maximum absolute atomic E-state index is 12.5. The fraction of sp³-hybridized carbons (Fsp3) is 0.345. The summed E-state index contributed by atoms with van der Waals surface area (Å²) in [6, 6.07) is 9.58. The molecule has 3 rings (SSSR count). The summed E-state index contributed by atoms with van der Waals surface area (Å²) in [4.78, 5) is 40.8. The van der Waals surface area contributed by atoms with E-state index in [4.69, 9.17) is 18.9 Å². The highest BCUT2D eigenvalue weighted by Gasteiger charge is 2.17. The number of carbonyl (C=O) groups excluding carboxylic acids is 3. The van der Waals surface area contributed by atoms with Crippen LogP contribution in [-0.2, 0) is 14.3 Å². The maximum Gasteiger partial charge on any atom is 0.415 e. The van der Waals surface area contributed by atoms with Gasteiger partial charge in [0.1, 0.15) is 0 Å². The van der Waals surface area contributed by atoms with Crippen molar-refractivity contribution in [2.75, 3.05) is 60.7 Å². The lowest BCUT2D eigenvalue weighted by molar-refractivity contribution is -0.121. The van der Waals surface area contributed by atoms with Gasteiger partial charge in [0, 0.05) is 33.2 Å². The number of nitrogens with zero attached hydrogens (tertiary/aromatic N) is 2. The Labute approximate surface area is 228 Å². The highest BCUT2D eigenvalue weighted by Crippen LogP contribution is 2.29. The Morgan fingerprint density at radius 1 is 0.923 bits per heavy atom. The van der Waals surface area contributed by atoms with Gasteiger partial charge < -0.3 is 29.0 Å². The first-order valence-corrected chi connectivity index (χ1v) is 12.5. The molecule has 0 spiro atoms. The molecule has 1 amide bonds. The summed E-state index contributed by atoms with van der Waals surface area (Å²) in [7, 11) is 4.57. The van der Waals surface area contributed by atoms with E-state index in [0.29, 0.717) is 36.6 Å². The van der Waals surface area contributed by atoms with Crippen molar-refractivity contribution in [2.24, 2.45) is 0 Å². The van der Waals surface area contributed by atoms with Crippen molar-refractivity contribution >= 4 is 29.8 Å². The number of hydrogen-bond donors (Lipinski definition) is 1. The van der Waals surface area contributed by atoms with Crippen LogP contribution >= 0.6 is 0 Å². The van der Waals surface area contributed by atoms with Crippen LogP contribution in [0.1, 0.15) is 17.5 Å². The lowest BCUT2D eigenvalue weighted by Crippen LogP contribution is -2.42. The van der Waals surface area contributed by atoms with E-state index in [1.807, 2.05) is 0 Å². The second-order valence-electron chi connectivity index (χ2n) is 8.86. The Morgan fingerprint density at radius 2 is 1.51 bits per heavy atom. The monoisotopic (exact) mass is 538 g/mol. The Morgan fingerprint density at radius 3 is 2.13 bits per heavy atom. The number of ether oxygens (including phenoxy) is 4. The number of phenols is 1. The molecular formula is C29H34N2O8. The van der Waals surface area contributed by atoms with Crippen LogP contribution in [0.25, 0.3) is 12.2 Å². The standard InChI is InChI=1S/C29H34N2O8/c1-30(12-13-31-14-16-38-17-15-31)29(35)39-26-11-7-22(19-28(26)37-3)5-9-24(33)20-23(32)8-4-21-6-10-25(34)27(18-21)36-2/h4-11,18-19,34H,12-17,20H2,1-3H3. The molecule has 2 aromatic rings. The van der Waals surface area contributed by atoms with Gasteiger partial charge in [-0.2, -0.15) is 0 Å². The molecule has 2 aromatic carbocycles. The molecule has 1 aliphatic rings. The molecule has 1 aliphatic heterocycles. The van der Waals surface area contributed by atoms with Crippen molar-refractivity contribution in [3.8, 4) is 23.0 Å². The minimum atomic E-state index is -0.502. The molecule has 10 heteroatoms. The van der Waals surface area contributed by atoms with Gasteiger partial charge in [0.2, 0.25) is 0 Å². The maximum atomic E-state index is 12.5. The number of allylic oxidation sites excluding steroid dienone is 2. The smallest absolute Gasteiger partial charge is 0.415 e. The van der Waals surface area contributed by atoms with Gasteiger partial charge in [-0.15, -0.1) is 0 Å². The molecule has 10 nitrogen and oxygen atoms in total. The topological polar surface area (TPSA) is 115 Å². The lowest BCUT2D eigenvalue weighted by Gasteiger charge is -2.28. The van der Waals surface area contributed by atoms with E-state index in [1.54, 1.807) is 49.5 Å². The number of ketones is 2. The van der Waals surface area contributed by atoms with Gasteiger partial charge in [-0.3, -0.25) is 14.5 Å². The second kappa shape index (κ2) is 14.7. The predicted octanol–water partition coefficient (Wildman–Crippen LogP) is 3.43. The number of amides is 1. The summed E-state index contributed by atoms with van der Waals surface area (Å²) in [5.74, 6) is 0.142. The molecule has 0 unspecified atom stereocenters. The van der Waals surface area contributed by atoms with Gasteiger partial charge in [-0.1, -0.05) is 24.3 Å². The average Bonchev–Trinajstić information content (AvgIpc) is 2.95. The van der Waals surface area contributed by atoms with Crippen LogP contribution in [0.15, 0.2) is 48.6 Å². The zero-order valence-electron chi connectivity index (χ0n) is 22.4. The molecule has 1 fully saturated rings. The number of rotatable bonds is 12. The Hall–Kier alpha value is -4.15. The largest absolute Gasteiger partial charge is 0.504 e. The van der Waals surface area contributed by atoms with Crippen LogP contribution in [0, 0.1) is 0 Å². The molecule has 0 radical (unpaired) electrons. The molecule has 0 aliphatic carbocycles. The molecule has 1 N–H and O–H groups in total. The number of likely N-dealkylation sites (N-methyl/N-ethyl adjacent to an activating group) is 1. The van der Waals surface area contributed by atoms with Gasteiger partial charge in [0.05, 0.1) is 33.9 Å². The molecular weight excluding hydrogens is 504 g/mol. The van der Waals surface area contributed by atoms with E-state index < -0.39 is 6.09 Å². The van der Waals surface area contributed by atoms with E-state index in [1.165, 1.54) is 37.3 Å². The fourth-order valence-corrected chi connectivity index (χ4v) is 3.72. The molecule has 208 valence electrons. The number of hydrogen-bond acceptors (Lipinski definition) is 9. The summed E-state index contributed by atoms with van der Waals surface area (Å²) in [6.45, 7) is 4.32. The van der Waals surface area contributed by atoms with Crippen LogP contribution in [0.3, 0.4) is 0 Å². The van der Waals surface area contributed by atoms with E-state index in [9.17, 15) is 19.5 Å². The van der Waals surface area contributed by atoms with Gasteiger partial charge >= 0.3 is 6.09 Å². The molecule has 1 saturated heterocycles. The summed E-state index contributed by atoms with van der Waals surface area (Å²) in [5.41, 5.74) is 1.29. The van der Waals surface area contributed by atoms with Gasteiger partial charge in [0.25, 0.3) is 0 Å². The van der Waals surface area contributed by atoms with Crippen LogP contribution in [0.2, 0.25) is 0 Å². The highest BCUT2D eigenvalue weighted by atomic mass is 16.6. The third-order valence-corrected chi connectivity index (χ3v) is 6.03. The van der Waals surface area contributed by atoms with Crippen molar-refractivity contribution in [3.63, 3.8) is 0 Å². The minimum absolute atomic E-state index is 0.00377. The zero-order valence-corrected chi connectivity index (χ0v) is 22.4. The van der Waals surface area contributed by atoms with E-state index in [-0.39, 0.29) is 35.2 Å². The van der Waals surface area contributed by atoms with Crippen molar-refractivity contribution < 1.29 is 38.4 Å². The first kappa shape index (κ1) is 29.4. The summed E-state index contributed by atoms with van der Waals surface area (Å²) in [6.07, 6.45) is 4.93. The first-order chi connectivity index (χ1) is 18.8. The van der Waals surface area contributed by atoms with E-state index in [2.05, 4.69) is 4.90 Å². The normalized spacial score (nSPS) is 13.9. The third kappa shape index (κ3) is 9.27. The number of benzene rings is 2.